The molecule has 0 fully saturated rings. The van der Waals surface area contributed by atoms with Gasteiger partial charge in [-0.25, -0.2) is 0 Å². The van der Waals surface area contributed by atoms with Crippen molar-refractivity contribution in [3.63, 3.8) is 0 Å². The molecule has 2 heterocycles. The van der Waals surface area contributed by atoms with Gasteiger partial charge in [0.15, 0.2) is 4.34 Å². The number of nitriles is 1. The minimum absolute atomic E-state index is 0.142. The molecule has 0 aromatic carbocycles. The highest BCUT2D eigenvalue weighted by Gasteiger charge is 2.26. The van der Waals surface area contributed by atoms with Crippen molar-refractivity contribution >= 4 is 50.5 Å². The number of aromatic nitrogens is 2. The molecule has 0 saturated heterocycles. The molecular weight excluding hydrogens is 362 g/mol. The monoisotopic (exact) mass is 379 g/mol. The lowest BCUT2D eigenvalue weighted by Crippen LogP contribution is -2.22. The second-order valence-corrected chi connectivity index (χ2v) is 9.53. The summed E-state index contributed by atoms with van der Waals surface area (Å²) in [6.07, 6.45) is 3.00. The van der Waals surface area contributed by atoms with Crippen molar-refractivity contribution < 1.29 is 4.79 Å². The van der Waals surface area contributed by atoms with Crippen LogP contribution in [0.4, 0.5) is 10.1 Å². The molecule has 126 valence electrons. The zero-order chi connectivity index (χ0) is 17.3. The third kappa shape index (κ3) is 3.55. The summed E-state index contributed by atoms with van der Waals surface area (Å²) in [4.78, 5) is 13.7. The van der Waals surface area contributed by atoms with E-state index in [0.29, 0.717) is 26.0 Å². The fraction of sp³-hybridized carbons (Fsp3) is 0.467. The molecule has 0 spiro atoms. The fourth-order valence-electron chi connectivity index (χ4n) is 2.64. The van der Waals surface area contributed by atoms with Crippen molar-refractivity contribution in [2.75, 3.05) is 11.1 Å². The van der Waals surface area contributed by atoms with Crippen LogP contribution in [0.25, 0.3) is 0 Å². The van der Waals surface area contributed by atoms with Gasteiger partial charge in [-0.05, 0) is 37.7 Å². The fourth-order valence-corrected chi connectivity index (χ4v) is 5.79. The maximum absolute atomic E-state index is 12.5. The van der Waals surface area contributed by atoms with Crippen LogP contribution in [-0.4, -0.2) is 21.4 Å². The van der Waals surface area contributed by atoms with Crippen molar-refractivity contribution in [2.45, 2.75) is 42.7 Å². The molecule has 1 amide bonds. The van der Waals surface area contributed by atoms with E-state index in [9.17, 15) is 10.1 Å². The molecule has 2 unspecified atom stereocenters. The molecule has 24 heavy (non-hydrogen) atoms. The van der Waals surface area contributed by atoms with Crippen molar-refractivity contribution in [3.05, 3.63) is 16.0 Å². The Kier molecular flexibility index (Phi) is 5.08. The summed E-state index contributed by atoms with van der Waals surface area (Å²) in [5, 5.41) is 20.8. The molecule has 3 N–H and O–H groups in total. The van der Waals surface area contributed by atoms with E-state index in [1.807, 2.05) is 0 Å². The zero-order valence-electron chi connectivity index (χ0n) is 13.3. The molecule has 0 bridgehead atoms. The van der Waals surface area contributed by atoms with Crippen LogP contribution in [0.1, 0.15) is 36.3 Å². The van der Waals surface area contributed by atoms with Gasteiger partial charge in [-0.3, -0.25) is 4.79 Å². The average Bonchev–Trinajstić information content (AvgIpc) is 3.09. The Balaban J connectivity index is 1.73. The first-order valence-electron chi connectivity index (χ1n) is 7.59. The van der Waals surface area contributed by atoms with E-state index >= 15 is 0 Å². The number of carbonyl (C=O) groups excluding carboxylic acids is 1. The Morgan fingerprint density at radius 1 is 1.50 bits per heavy atom. The maximum atomic E-state index is 12.5. The number of thioether (sulfide) groups is 1. The number of nitrogens with one attached hydrogen (secondary N) is 1. The Morgan fingerprint density at radius 3 is 2.96 bits per heavy atom. The molecule has 2 aromatic rings. The van der Waals surface area contributed by atoms with Crippen LogP contribution in [-0.2, 0) is 17.6 Å². The minimum atomic E-state index is -0.345. The number of nitrogens with zero attached hydrogens (tertiary/aromatic N) is 3. The summed E-state index contributed by atoms with van der Waals surface area (Å²) in [5.74, 6) is 0.487. The first-order chi connectivity index (χ1) is 11.5. The van der Waals surface area contributed by atoms with Crippen LogP contribution in [0.3, 0.4) is 0 Å². The Labute approximate surface area is 152 Å². The summed E-state index contributed by atoms with van der Waals surface area (Å²) in [6, 6.07) is 2.27. The molecular formula is C15H17N5OS3. The summed E-state index contributed by atoms with van der Waals surface area (Å²) in [7, 11) is 0. The molecule has 2 atom stereocenters. The van der Waals surface area contributed by atoms with Gasteiger partial charge in [0.25, 0.3) is 0 Å². The smallest absolute Gasteiger partial charge is 0.238 e. The highest BCUT2D eigenvalue weighted by Crippen LogP contribution is 2.39. The SMILES string of the molecule is CC1CCc2c(sc(NC(=O)C(C)Sc3nnc(N)s3)c2C#N)C1. The number of thiophene rings is 1. The van der Waals surface area contributed by atoms with Crippen molar-refractivity contribution in [2.24, 2.45) is 5.92 Å². The third-order valence-corrected chi connectivity index (χ3v) is 7.04. The lowest BCUT2D eigenvalue weighted by molar-refractivity contribution is -0.115. The number of hydrogen-bond acceptors (Lipinski definition) is 8. The van der Waals surface area contributed by atoms with E-state index in [1.165, 1.54) is 39.3 Å². The molecule has 1 aliphatic rings. The number of hydrogen-bond donors (Lipinski definition) is 2. The summed E-state index contributed by atoms with van der Waals surface area (Å²) in [5.41, 5.74) is 7.31. The summed E-state index contributed by atoms with van der Waals surface area (Å²) in [6.45, 7) is 4.03. The second kappa shape index (κ2) is 7.09. The number of nitrogens with two attached hydrogens (primary N) is 1. The molecule has 3 rings (SSSR count). The van der Waals surface area contributed by atoms with E-state index in [2.05, 4.69) is 28.5 Å². The van der Waals surface area contributed by atoms with Gasteiger partial charge in [0.1, 0.15) is 11.1 Å². The van der Waals surface area contributed by atoms with Crippen LogP contribution in [0.5, 0.6) is 0 Å². The van der Waals surface area contributed by atoms with Crippen LogP contribution in [0.15, 0.2) is 4.34 Å². The van der Waals surface area contributed by atoms with Crippen LogP contribution in [0.2, 0.25) is 0 Å². The molecule has 1 aliphatic carbocycles. The number of nitrogen functional groups attached to an aromatic ring is 1. The highest BCUT2D eigenvalue weighted by atomic mass is 32.2. The van der Waals surface area contributed by atoms with Gasteiger partial charge in [-0.1, -0.05) is 30.0 Å². The van der Waals surface area contributed by atoms with Crippen molar-refractivity contribution in [1.82, 2.24) is 10.2 Å². The van der Waals surface area contributed by atoms with Gasteiger partial charge in [0.2, 0.25) is 11.0 Å². The Hall–Kier alpha value is -1.63. The maximum Gasteiger partial charge on any atom is 0.238 e. The topological polar surface area (TPSA) is 105 Å². The minimum Gasteiger partial charge on any atom is -0.374 e. The quantitative estimate of drug-likeness (QED) is 0.790. The first-order valence-corrected chi connectivity index (χ1v) is 10.1. The average molecular weight is 380 g/mol. The van der Waals surface area contributed by atoms with Crippen molar-refractivity contribution in [1.29, 1.82) is 5.26 Å². The molecule has 9 heteroatoms. The number of rotatable bonds is 4. The lowest BCUT2D eigenvalue weighted by Gasteiger charge is -2.17. The first kappa shape index (κ1) is 17.2. The van der Waals surface area contributed by atoms with Gasteiger partial charge in [-0.2, -0.15) is 5.26 Å². The number of amides is 1. The molecule has 0 aliphatic heterocycles. The van der Waals surface area contributed by atoms with Gasteiger partial charge in [0, 0.05) is 4.88 Å². The largest absolute Gasteiger partial charge is 0.374 e. The van der Waals surface area contributed by atoms with E-state index < -0.39 is 0 Å². The third-order valence-electron chi connectivity index (χ3n) is 3.93. The molecule has 0 saturated carbocycles. The summed E-state index contributed by atoms with van der Waals surface area (Å²) < 4.78 is 0.662. The normalized spacial score (nSPS) is 17.8. The van der Waals surface area contributed by atoms with Crippen molar-refractivity contribution in [3.8, 4) is 6.07 Å². The van der Waals surface area contributed by atoms with E-state index in [-0.39, 0.29) is 11.2 Å². The highest BCUT2D eigenvalue weighted by molar-refractivity contribution is 8.02. The molecule has 6 nitrogen and oxygen atoms in total. The zero-order valence-corrected chi connectivity index (χ0v) is 15.8. The second-order valence-electron chi connectivity index (χ2n) is 5.82. The van der Waals surface area contributed by atoms with E-state index in [0.717, 1.165) is 24.8 Å². The molecule has 0 radical (unpaired) electrons. The van der Waals surface area contributed by atoms with Crippen LogP contribution in [0, 0.1) is 17.2 Å². The van der Waals surface area contributed by atoms with Gasteiger partial charge in [-0.15, -0.1) is 21.5 Å². The number of fused-ring (bicyclic) bond motifs is 1. The standard InChI is InChI=1S/C15H17N5OS3/c1-7-3-4-9-10(6-16)13(23-11(9)5-7)18-12(21)8(2)22-15-20-19-14(17)24-15/h7-8H,3-5H2,1-2H3,(H2,17,19)(H,18,21). The van der Waals surface area contributed by atoms with Gasteiger partial charge >= 0.3 is 0 Å². The van der Waals surface area contributed by atoms with Crippen LogP contribution >= 0.6 is 34.4 Å². The Bertz CT molecular complexity index is 807. The Morgan fingerprint density at radius 2 is 2.29 bits per heavy atom. The van der Waals surface area contributed by atoms with E-state index in [4.69, 9.17) is 5.73 Å². The number of anilines is 2. The van der Waals surface area contributed by atoms with Crippen LogP contribution < -0.4 is 11.1 Å². The van der Waals surface area contributed by atoms with E-state index in [1.54, 1.807) is 6.92 Å². The summed E-state index contributed by atoms with van der Waals surface area (Å²) >= 11 is 4.11. The number of carbonyl (C=O) groups is 1. The lowest BCUT2D eigenvalue weighted by atomic mass is 9.89. The predicted octanol–water partition coefficient (Wildman–Crippen LogP) is 3.30. The van der Waals surface area contributed by atoms with Gasteiger partial charge in [0.05, 0.1) is 10.8 Å². The predicted molar refractivity (Wildman–Crippen MR) is 98.5 cm³/mol. The van der Waals surface area contributed by atoms with Gasteiger partial charge < -0.3 is 11.1 Å². The molecule has 2 aromatic heterocycles.